The number of rotatable bonds is 6. The summed E-state index contributed by atoms with van der Waals surface area (Å²) in [6, 6.07) is 6.83. The van der Waals surface area contributed by atoms with E-state index in [1.165, 1.54) is 32.1 Å². The first kappa shape index (κ1) is 19.1. The fraction of sp³-hybridized carbons (Fsp3) is 0.591. The topological polar surface area (TPSA) is 88.8 Å². The fourth-order valence-electron chi connectivity index (χ4n) is 4.36. The molecule has 0 bridgehead atoms. The summed E-state index contributed by atoms with van der Waals surface area (Å²) < 4.78 is 0. The maximum atomic E-state index is 6.01. The number of hydrogen-bond donors (Lipinski definition) is 3. The van der Waals surface area contributed by atoms with E-state index in [0.717, 1.165) is 55.2 Å². The lowest BCUT2D eigenvalue weighted by Crippen LogP contribution is -2.33. The highest BCUT2D eigenvalue weighted by Gasteiger charge is 2.19. The Morgan fingerprint density at radius 1 is 0.929 bits per heavy atom. The Morgan fingerprint density at radius 2 is 1.71 bits per heavy atom. The summed E-state index contributed by atoms with van der Waals surface area (Å²) in [5, 5.41) is 7.01. The zero-order valence-electron chi connectivity index (χ0n) is 16.6. The molecule has 0 radical (unpaired) electrons. The van der Waals surface area contributed by atoms with E-state index < -0.39 is 0 Å². The molecule has 2 heterocycles. The van der Waals surface area contributed by atoms with E-state index in [1.807, 2.05) is 24.5 Å². The third-order valence-electron chi connectivity index (χ3n) is 6.11. The van der Waals surface area contributed by atoms with E-state index in [1.54, 1.807) is 0 Å². The third-order valence-corrected chi connectivity index (χ3v) is 6.11. The molecule has 6 heteroatoms. The van der Waals surface area contributed by atoms with Crippen molar-refractivity contribution in [3.8, 4) is 11.3 Å². The van der Waals surface area contributed by atoms with Gasteiger partial charge in [-0.25, -0.2) is 15.0 Å². The number of anilines is 2. The molecule has 0 unspecified atom stereocenters. The van der Waals surface area contributed by atoms with E-state index in [9.17, 15) is 0 Å². The van der Waals surface area contributed by atoms with Gasteiger partial charge in [-0.15, -0.1) is 0 Å². The van der Waals surface area contributed by atoms with Gasteiger partial charge in [-0.1, -0.05) is 19.3 Å². The van der Waals surface area contributed by atoms with E-state index in [0.29, 0.717) is 18.0 Å². The Bertz CT molecular complexity index is 750. The number of nitrogens with one attached hydrogen (secondary N) is 2. The number of hydrogen-bond acceptors (Lipinski definition) is 6. The minimum Gasteiger partial charge on any atom is -0.370 e. The highest BCUT2D eigenvalue weighted by Crippen LogP contribution is 2.25. The Kier molecular flexibility index (Phi) is 6.37. The molecule has 0 amide bonds. The van der Waals surface area contributed by atoms with Crippen molar-refractivity contribution >= 4 is 11.8 Å². The van der Waals surface area contributed by atoms with Crippen LogP contribution >= 0.6 is 0 Å². The minimum absolute atomic E-state index is 0.349. The summed E-state index contributed by atoms with van der Waals surface area (Å²) in [5.41, 5.74) is 8.00. The van der Waals surface area contributed by atoms with Crippen LogP contribution in [0.15, 0.2) is 30.6 Å². The molecule has 2 fully saturated rings. The molecule has 0 aromatic carbocycles. The molecule has 0 spiro atoms. The second-order valence-corrected chi connectivity index (χ2v) is 8.34. The molecule has 0 saturated heterocycles. The molecule has 2 aliphatic rings. The van der Waals surface area contributed by atoms with Gasteiger partial charge in [-0.05, 0) is 62.6 Å². The lowest BCUT2D eigenvalue weighted by Gasteiger charge is -2.26. The van der Waals surface area contributed by atoms with E-state index >= 15 is 0 Å². The van der Waals surface area contributed by atoms with Crippen molar-refractivity contribution in [3.05, 3.63) is 30.6 Å². The van der Waals surface area contributed by atoms with Crippen molar-refractivity contribution in [1.29, 1.82) is 0 Å². The van der Waals surface area contributed by atoms with Crippen LogP contribution < -0.4 is 16.4 Å². The highest BCUT2D eigenvalue weighted by atomic mass is 15.1. The van der Waals surface area contributed by atoms with Crippen LogP contribution in [0.5, 0.6) is 0 Å². The predicted molar refractivity (Wildman–Crippen MR) is 114 cm³/mol. The number of nitrogens with zero attached hydrogens (tertiary/aromatic N) is 3. The van der Waals surface area contributed by atoms with E-state index in [2.05, 4.69) is 26.7 Å². The summed E-state index contributed by atoms with van der Waals surface area (Å²) in [6.07, 6.45) is 14.8. The average molecular weight is 381 g/mol. The van der Waals surface area contributed by atoms with Gasteiger partial charge in [0.25, 0.3) is 0 Å². The Balaban J connectivity index is 1.39. The summed E-state index contributed by atoms with van der Waals surface area (Å²) in [6.45, 7) is 1.01. The SMILES string of the molecule is NC1CCC(Nc2nccc(-c3ccnc(NCC4CCCCC4)c3)n2)CC1. The summed E-state index contributed by atoms with van der Waals surface area (Å²) in [5.74, 6) is 2.40. The molecule has 4 N–H and O–H groups in total. The molecule has 28 heavy (non-hydrogen) atoms. The van der Waals surface area contributed by atoms with Crippen LogP contribution in [0.1, 0.15) is 57.8 Å². The zero-order valence-corrected chi connectivity index (χ0v) is 16.6. The van der Waals surface area contributed by atoms with Crippen LogP contribution in [0, 0.1) is 5.92 Å². The van der Waals surface area contributed by atoms with Gasteiger partial charge in [0, 0.05) is 36.6 Å². The molecule has 0 atom stereocenters. The van der Waals surface area contributed by atoms with Crippen molar-refractivity contribution in [2.75, 3.05) is 17.2 Å². The molecule has 4 rings (SSSR count). The van der Waals surface area contributed by atoms with Crippen molar-refractivity contribution in [2.24, 2.45) is 11.7 Å². The molecule has 2 aromatic rings. The van der Waals surface area contributed by atoms with Gasteiger partial charge >= 0.3 is 0 Å². The largest absolute Gasteiger partial charge is 0.370 e. The van der Waals surface area contributed by atoms with Gasteiger partial charge in [0.15, 0.2) is 0 Å². The van der Waals surface area contributed by atoms with Gasteiger partial charge in [0.2, 0.25) is 5.95 Å². The fourth-order valence-corrected chi connectivity index (χ4v) is 4.36. The average Bonchev–Trinajstić information content (AvgIpc) is 2.75. The first-order valence-electron chi connectivity index (χ1n) is 10.8. The highest BCUT2D eigenvalue weighted by molar-refractivity contribution is 5.63. The standard InChI is InChI=1S/C22H32N6/c23-18-6-8-19(9-7-18)27-22-25-13-11-20(28-22)17-10-12-24-21(14-17)26-15-16-4-2-1-3-5-16/h10-14,16,18-19H,1-9,15,23H2,(H,24,26)(H,25,27,28). The van der Waals surface area contributed by atoms with Gasteiger partial charge in [-0.2, -0.15) is 0 Å². The lowest BCUT2D eigenvalue weighted by molar-refractivity contribution is 0.373. The number of aromatic nitrogens is 3. The summed E-state index contributed by atoms with van der Waals surface area (Å²) >= 11 is 0. The molecule has 150 valence electrons. The van der Waals surface area contributed by atoms with E-state index in [4.69, 9.17) is 10.7 Å². The molecule has 2 aromatic heterocycles. The summed E-state index contributed by atoms with van der Waals surface area (Å²) in [4.78, 5) is 13.6. The van der Waals surface area contributed by atoms with Crippen molar-refractivity contribution in [2.45, 2.75) is 69.9 Å². The second-order valence-electron chi connectivity index (χ2n) is 8.34. The van der Waals surface area contributed by atoms with Crippen LogP contribution in [-0.4, -0.2) is 33.6 Å². The second kappa shape index (κ2) is 9.32. The minimum atomic E-state index is 0.349. The molecular weight excluding hydrogens is 348 g/mol. The van der Waals surface area contributed by atoms with Crippen LogP contribution in [0.25, 0.3) is 11.3 Å². The molecule has 2 saturated carbocycles. The first-order valence-corrected chi connectivity index (χ1v) is 10.8. The van der Waals surface area contributed by atoms with Crippen molar-refractivity contribution in [1.82, 2.24) is 15.0 Å². The first-order chi connectivity index (χ1) is 13.8. The monoisotopic (exact) mass is 380 g/mol. The van der Waals surface area contributed by atoms with Crippen LogP contribution in [-0.2, 0) is 0 Å². The van der Waals surface area contributed by atoms with Gasteiger partial charge < -0.3 is 16.4 Å². The van der Waals surface area contributed by atoms with Gasteiger partial charge in [-0.3, -0.25) is 0 Å². The Hall–Kier alpha value is -2.21. The third kappa shape index (κ3) is 5.19. The van der Waals surface area contributed by atoms with Crippen molar-refractivity contribution < 1.29 is 0 Å². The maximum absolute atomic E-state index is 6.01. The van der Waals surface area contributed by atoms with E-state index in [-0.39, 0.29) is 0 Å². The number of pyridine rings is 1. The Labute approximate surface area is 167 Å². The molecule has 6 nitrogen and oxygen atoms in total. The van der Waals surface area contributed by atoms with Crippen LogP contribution in [0.3, 0.4) is 0 Å². The van der Waals surface area contributed by atoms with Crippen LogP contribution in [0.4, 0.5) is 11.8 Å². The van der Waals surface area contributed by atoms with Crippen LogP contribution in [0.2, 0.25) is 0 Å². The number of nitrogens with two attached hydrogens (primary N) is 1. The summed E-state index contributed by atoms with van der Waals surface area (Å²) in [7, 11) is 0. The smallest absolute Gasteiger partial charge is 0.223 e. The van der Waals surface area contributed by atoms with Gasteiger partial charge in [0.1, 0.15) is 5.82 Å². The lowest BCUT2D eigenvalue weighted by atomic mass is 9.89. The molecule has 2 aliphatic carbocycles. The van der Waals surface area contributed by atoms with Gasteiger partial charge in [0.05, 0.1) is 5.69 Å². The molecule has 0 aliphatic heterocycles. The normalized spacial score (nSPS) is 23.3. The maximum Gasteiger partial charge on any atom is 0.223 e. The Morgan fingerprint density at radius 3 is 2.54 bits per heavy atom. The van der Waals surface area contributed by atoms with Crippen molar-refractivity contribution in [3.63, 3.8) is 0 Å². The quantitative estimate of drug-likeness (QED) is 0.695. The molecular formula is C22H32N6. The predicted octanol–water partition coefficient (Wildman–Crippen LogP) is 4.21. The zero-order chi connectivity index (χ0) is 19.2.